The first-order valence-electron chi connectivity index (χ1n) is 7.02. The summed E-state index contributed by atoms with van der Waals surface area (Å²) in [6.07, 6.45) is -4.36. The predicted molar refractivity (Wildman–Crippen MR) is 75.8 cm³/mol. The van der Waals surface area contributed by atoms with Gasteiger partial charge in [0.15, 0.2) is 0 Å². The molecule has 1 aliphatic heterocycles. The first kappa shape index (κ1) is 15.5. The smallest absolute Gasteiger partial charge is 0.449 e. The lowest BCUT2D eigenvalue weighted by Gasteiger charge is -2.27. The maximum Gasteiger partial charge on any atom is 0.449 e. The standard InChI is InChI=1S/C15H14F3N3O2/c16-15(17,18)14-19-12-5-6-21(8-11(12)13(23)20-14)7-9-1-3-10(22)4-2-9/h1-4,22H,5-8H2,(H,19,20,23). The number of phenolic OH excluding ortho intramolecular Hbond substituents is 1. The molecule has 0 radical (unpaired) electrons. The molecule has 0 saturated carbocycles. The molecule has 23 heavy (non-hydrogen) atoms. The van der Waals surface area contributed by atoms with E-state index < -0.39 is 17.6 Å². The summed E-state index contributed by atoms with van der Waals surface area (Å²) < 4.78 is 38.0. The number of aromatic amines is 1. The van der Waals surface area contributed by atoms with Gasteiger partial charge in [0.25, 0.3) is 5.56 Å². The van der Waals surface area contributed by atoms with Crippen LogP contribution in [0.4, 0.5) is 13.2 Å². The number of alkyl halides is 3. The van der Waals surface area contributed by atoms with Gasteiger partial charge in [-0.3, -0.25) is 9.69 Å². The lowest BCUT2D eigenvalue weighted by Crippen LogP contribution is -2.36. The Hall–Kier alpha value is -2.35. The highest BCUT2D eigenvalue weighted by Crippen LogP contribution is 2.26. The summed E-state index contributed by atoms with van der Waals surface area (Å²) in [6.45, 7) is 1.30. The van der Waals surface area contributed by atoms with Crippen molar-refractivity contribution < 1.29 is 18.3 Å². The van der Waals surface area contributed by atoms with Crippen LogP contribution >= 0.6 is 0 Å². The Bertz CT molecular complexity index is 769. The number of H-pyrrole nitrogens is 1. The molecule has 2 aromatic rings. The van der Waals surface area contributed by atoms with Crippen molar-refractivity contribution in [1.29, 1.82) is 0 Å². The molecule has 0 fully saturated rings. The summed E-state index contributed by atoms with van der Waals surface area (Å²) in [5.41, 5.74) is 0.700. The van der Waals surface area contributed by atoms with Gasteiger partial charge in [-0.05, 0) is 17.7 Å². The lowest BCUT2D eigenvalue weighted by molar-refractivity contribution is -0.145. The fourth-order valence-electron chi connectivity index (χ4n) is 2.61. The van der Waals surface area contributed by atoms with E-state index >= 15 is 0 Å². The Morgan fingerprint density at radius 2 is 1.96 bits per heavy atom. The molecule has 0 saturated heterocycles. The second-order valence-corrected chi connectivity index (χ2v) is 5.46. The molecule has 0 atom stereocenters. The number of nitrogens with zero attached hydrogens (tertiary/aromatic N) is 2. The van der Waals surface area contributed by atoms with Crippen molar-refractivity contribution in [1.82, 2.24) is 14.9 Å². The molecule has 5 nitrogen and oxygen atoms in total. The van der Waals surface area contributed by atoms with E-state index in [-0.39, 0.29) is 23.6 Å². The first-order chi connectivity index (χ1) is 10.8. The quantitative estimate of drug-likeness (QED) is 0.887. The summed E-state index contributed by atoms with van der Waals surface area (Å²) in [4.78, 5) is 19.2. The average molecular weight is 325 g/mol. The molecule has 0 bridgehead atoms. The van der Waals surface area contributed by atoms with Gasteiger partial charge in [-0.2, -0.15) is 13.2 Å². The summed E-state index contributed by atoms with van der Waals surface area (Å²) in [5, 5.41) is 9.26. The van der Waals surface area contributed by atoms with Crippen molar-refractivity contribution in [3.63, 3.8) is 0 Å². The van der Waals surface area contributed by atoms with Gasteiger partial charge in [0.2, 0.25) is 5.82 Å². The van der Waals surface area contributed by atoms with E-state index in [9.17, 15) is 23.1 Å². The highest BCUT2D eigenvalue weighted by molar-refractivity contribution is 5.27. The van der Waals surface area contributed by atoms with Gasteiger partial charge in [-0.1, -0.05) is 12.1 Å². The zero-order chi connectivity index (χ0) is 16.6. The third-order valence-corrected chi connectivity index (χ3v) is 3.76. The minimum Gasteiger partial charge on any atom is -0.508 e. The number of aromatic hydroxyl groups is 1. The molecule has 1 aliphatic rings. The van der Waals surface area contributed by atoms with Gasteiger partial charge < -0.3 is 10.1 Å². The largest absolute Gasteiger partial charge is 0.508 e. The van der Waals surface area contributed by atoms with Crippen LogP contribution in [-0.2, 0) is 25.7 Å². The van der Waals surface area contributed by atoms with Gasteiger partial charge in [0.1, 0.15) is 5.75 Å². The van der Waals surface area contributed by atoms with Crippen LogP contribution in [0.1, 0.15) is 22.6 Å². The van der Waals surface area contributed by atoms with Crippen LogP contribution in [0.3, 0.4) is 0 Å². The number of fused-ring (bicyclic) bond motifs is 1. The molecular formula is C15H14F3N3O2. The molecule has 122 valence electrons. The van der Waals surface area contributed by atoms with E-state index in [1.165, 1.54) is 0 Å². The fourth-order valence-corrected chi connectivity index (χ4v) is 2.61. The molecule has 0 amide bonds. The van der Waals surface area contributed by atoms with Crippen molar-refractivity contribution in [2.75, 3.05) is 6.54 Å². The van der Waals surface area contributed by atoms with Gasteiger partial charge >= 0.3 is 6.18 Å². The van der Waals surface area contributed by atoms with Crippen molar-refractivity contribution in [2.24, 2.45) is 0 Å². The van der Waals surface area contributed by atoms with Gasteiger partial charge in [0, 0.05) is 26.1 Å². The minimum atomic E-state index is -4.66. The number of halogens is 3. The molecule has 0 spiro atoms. The van der Waals surface area contributed by atoms with Crippen molar-refractivity contribution in [2.45, 2.75) is 25.7 Å². The number of benzene rings is 1. The maximum absolute atomic E-state index is 12.7. The number of phenols is 1. The summed E-state index contributed by atoms with van der Waals surface area (Å²) >= 11 is 0. The third kappa shape index (κ3) is 3.37. The molecule has 2 heterocycles. The van der Waals surface area contributed by atoms with Gasteiger partial charge in [-0.25, -0.2) is 4.98 Å². The van der Waals surface area contributed by atoms with Crippen molar-refractivity contribution in [3.05, 3.63) is 57.3 Å². The zero-order valence-corrected chi connectivity index (χ0v) is 12.0. The summed E-state index contributed by atoms with van der Waals surface area (Å²) in [5.74, 6) is -1.08. The van der Waals surface area contributed by atoms with Crippen LogP contribution in [-0.4, -0.2) is 26.5 Å². The van der Waals surface area contributed by atoms with Crippen molar-refractivity contribution >= 4 is 0 Å². The van der Waals surface area contributed by atoms with E-state index in [1.54, 1.807) is 24.3 Å². The Morgan fingerprint density at radius 1 is 1.26 bits per heavy atom. The molecular weight excluding hydrogens is 311 g/mol. The number of nitrogens with one attached hydrogen (secondary N) is 1. The van der Waals surface area contributed by atoms with Crippen LogP contribution < -0.4 is 5.56 Å². The van der Waals surface area contributed by atoms with Gasteiger partial charge in [-0.15, -0.1) is 0 Å². The lowest BCUT2D eigenvalue weighted by atomic mass is 10.1. The number of hydrogen-bond donors (Lipinski definition) is 2. The molecule has 8 heteroatoms. The highest BCUT2D eigenvalue weighted by atomic mass is 19.4. The van der Waals surface area contributed by atoms with Crippen molar-refractivity contribution in [3.8, 4) is 5.75 Å². The van der Waals surface area contributed by atoms with E-state index in [0.717, 1.165) is 5.56 Å². The summed E-state index contributed by atoms with van der Waals surface area (Å²) in [7, 11) is 0. The Morgan fingerprint density at radius 3 is 2.61 bits per heavy atom. The number of aromatic nitrogens is 2. The third-order valence-electron chi connectivity index (χ3n) is 3.76. The maximum atomic E-state index is 12.7. The van der Waals surface area contributed by atoms with Crippen LogP contribution in [0, 0.1) is 0 Å². The van der Waals surface area contributed by atoms with E-state index in [2.05, 4.69) is 4.98 Å². The Labute approximate surface area is 129 Å². The molecule has 1 aromatic heterocycles. The molecule has 1 aromatic carbocycles. The minimum absolute atomic E-state index is 0.165. The van der Waals surface area contributed by atoms with Gasteiger partial charge in [0.05, 0.1) is 11.3 Å². The highest BCUT2D eigenvalue weighted by Gasteiger charge is 2.35. The predicted octanol–water partition coefficient (Wildman–Crippen LogP) is 2.05. The van der Waals surface area contributed by atoms with Crippen LogP contribution in [0.5, 0.6) is 5.75 Å². The molecule has 3 rings (SSSR count). The SMILES string of the molecule is O=c1[nH]c(C(F)(F)F)nc2c1CN(Cc1ccc(O)cc1)CC2. The van der Waals surface area contributed by atoms with E-state index in [1.807, 2.05) is 9.88 Å². The second-order valence-electron chi connectivity index (χ2n) is 5.46. The molecule has 0 aliphatic carbocycles. The topological polar surface area (TPSA) is 69.2 Å². The fraction of sp³-hybridized carbons (Fsp3) is 0.333. The monoisotopic (exact) mass is 325 g/mol. The van der Waals surface area contributed by atoms with E-state index in [0.29, 0.717) is 19.5 Å². The molecule has 0 unspecified atom stereocenters. The van der Waals surface area contributed by atoms with Crippen LogP contribution in [0.25, 0.3) is 0 Å². The zero-order valence-electron chi connectivity index (χ0n) is 12.0. The molecule has 2 N–H and O–H groups in total. The Balaban J connectivity index is 1.81. The van der Waals surface area contributed by atoms with E-state index in [4.69, 9.17) is 0 Å². The first-order valence-corrected chi connectivity index (χ1v) is 7.02. The number of rotatable bonds is 2. The Kier molecular flexibility index (Phi) is 3.85. The van der Waals surface area contributed by atoms with Crippen LogP contribution in [0.15, 0.2) is 29.1 Å². The summed E-state index contributed by atoms with van der Waals surface area (Å²) in [6, 6.07) is 6.66. The second kappa shape index (κ2) is 5.69. The average Bonchev–Trinajstić information content (AvgIpc) is 2.49. The number of hydrogen-bond acceptors (Lipinski definition) is 4. The normalized spacial score (nSPS) is 15.4. The van der Waals surface area contributed by atoms with Crippen LogP contribution in [0.2, 0.25) is 0 Å².